The number of carbonyl (C=O) groups is 1. The number of piperidine rings is 1. The molecule has 3 rings (SSSR count). The van der Waals surface area contributed by atoms with Gasteiger partial charge in [0.15, 0.2) is 0 Å². The van der Waals surface area contributed by atoms with Gasteiger partial charge in [-0.25, -0.2) is 4.79 Å². The van der Waals surface area contributed by atoms with Crippen LogP contribution in [0.2, 0.25) is 5.02 Å². The average Bonchev–Trinajstić information content (AvgIpc) is 2.56. The molecule has 0 spiro atoms. The molecule has 2 aliphatic heterocycles. The Morgan fingerprint density at radius 2 is 2.13 bits per heavy atom. The highest BCUT2D eigenvalue weighted by Gasteiger charge is 2.24. The van der Waals surface area contributed by atoms with Gasteiger partial charge >= 0.3 is 6.03 Å². The number of benzene rings is 1. The van der Waals surface area contributed by atoms with Crippen LogP contribution < -0.4 is 5.32 Å². The molecule has 2 aliphatic rings. The van der Waals surface area contributed by atoms with Crippen molar-refractivity contribution in [3.05, 3.63) is 34.9 Å². The number of nitrogens with one attached hydrogen (secondary N) is 1. The van der Waals surface area contributed by atoms with Gasteiger partial charge in [0, 0.05) is 37.2 Å². The van der Waals surface area contributed by atoms with E-state index in [4.69, 9.17) is 16.3 Å². The molecule has 0 aliphatic carbocycles. The van der Waals surface area contributed by atoms with Crippen molar-refractivity contribution in [1.29, 1.82) is 0 Å². The van der Waals surface area contributed by atoms with Crippen molar-refractivity contribution in [2.75, 3.05) is 39.4 Å². The number of nitrogens with zero attached hydrogens (tertiary/aromatic N) is 2. The minimum Gasteiger partial charge on any atom is -0.378 e. The van der Waals surface area contributed by atoms with Crippen LogP contribution in [0.1, 0.15) is 18.4 Å². The van der Waals surface area contributed by atoms with E-state index in [2.05, 4.69) is 16.3 Å². The molecule has 2 saturated heterocycles. The molecule has 0 radical (unpaired) electrons. The molecule has 1 unspecified atom stereocenters. The summed E-state index contributed by atoms with van der Waals surface area (Å²) in [5.41, 5.74) is 1.22. The van der Waals surface area contributed by atoms with E-state index in [1.165, 1.54) is 5.56 Å². The van der Waals surface area contributed by atoms with E-state index >= 15 is 0 Å². The molecular weight excluding hydrogens is 314 g/mol. The maximum atomic E-state index is 12.3. The summed E-state index contributed by atoms with van der Waals surface area (Å²) in [6.07, 6.45) is 2.15. The van der Waals surface area contributed by atoms with Gasteiger partial charge in [-0.1, -0.05) is 23.7 Å². The predicted octanol–water partition coefficient (Wildman–Crippen LogP) is 2.35. The summed E-state index contributed by atoms with van der Waals surface area (Å²) in [6, 6.07) is 8.26. The van der Waals surface area contributed by atoms with Crippen LogP contribution in [0, 0.1) is 0 Å². The van der Waals surface area contributed by atoms with Crippen molar-refractivity contribution in [3.8, 4) is 0 Å². The Morgan fingerprint density at radius 3 is 2.91 bits per heavy atom. The van der Waals surface area contributed by atoms with Gasteiger partial charge < -0.3 is 15.0 Å². The maximum Gasteiger partial charge on any atom is 0.317 e. The Balaban J connectivity index is 1.50. The molecule has 0 bridgehead atoms. The summed E-state index contributed by atoms with van der Waals surface area (Å²) in [6.45, 7) is 5.48. The first kappa shape index (κ1) is 16.6. The zero-order chi connectivity index (χ0) is 16.1. The Bertz CT molecular complexity index is 534. The van der Waals surface area contributed by atoms with Crippen LogP contribution in [0.5, 0.6) is 0 Å². The molecule has 5 nitrogen and oxygen atoms in total. The molecule has 2 heterocycles. The van der Waals surface area contributed by atoms with E-state index in [9.17, 15) is 4.79 Å². The topological polar surface area (TPSA) is 44.8 Å². The highest BCUT2D eigenvalue weighted by atomic mass is 35.5. The molecule has 126 valence electrons. The van der Waals surface area contributed by atoms with Crippen molar-refractivity contribution in [2.24, 2.45) is 0 Å². The highest BCUT2D eigenvalue weighted by molar-refractivity contribution is 6.30. The molecule has 2 amide bonds. The van der Waals surface area contributed by atoms with Gasteiger partial charge in [0.1, 0.15) is 0 Å². The molecule has 23 heavy (non-hydrogen) atoms. The van der Waals surface area contributed by atoms with E-state index in [0.29, 0.717) is 26.3 Å². The lowest BCUT2D eigenvalue weighted by Gasteiger charge is -2.35. The number of urea groups is 1. The van der Waals surface area contributed by atoms with Gasteiger partial charge in [0.2, 0.25) is 0 Å². The largest absolute Gasteiger partial charge is 0.378 e. The number of likely N-dealkylation sites (tertiary alicyclic amines) is 1. The number of amides is 2. The number of hydrogen-bond donors (Lipinski definition) is 1. The van der Waals surface area contributed by atoms with Crippen molar-refractivity contribution < 1.29 is 9.53 Å². The second kappa shape index (κ2) is 7.99. The number of morpholine rings is 1. The van der Waals surface area contributed by atoms with Crippen molar-refractivity contribution in [2.45, 2.75) is 25.4 Å². The van der Waals surface area contributed by atoms with Crippen LogP contribution in [0.4, 0.5) is 4.79 Å². The summed E-state index contributed by atoms with van der Waals surface area (Å²) in [5, 5.41) is 3.95. The minimum atomic E-state index is 0.0444. The van der Waals surface area contributed by atoms with E-state index in [-0.39, 0.29) is 12.1 Å². The first-order valence-corrected chi connectivity index (χ1v) is 8.68. The van der Waals surface area contributed by atoms with Crippen LogP contribution in [-0.4, -0.2) is 61.3 Å². The van der Waals surface area contributed by atoms with E-state index in [1.807, 2.05) is 23.1 Å². The smallest absolute Gasteiger partial charge is 0.317 e. The molecular formula is C17H24ClN3O2. The predicted molar refractivity (Wildman–Crippen MR) is 90.7 cm³/mol. The van der Waals surface area contributed by atoms with Crippen LogP contribution in [0.3, 0.4) is 0 Å². The fourth-order valence-corrected chi connectivity index (χ4v) is 3.46. The summed E-state index contributed by atoms with van der Waals surface area (Å²) in [5.74, 6) is 0. The first-order valence-electron chi connectivity index (χ1n) is 8.31. The molecule has 2 fully saturated rings. The summed E-state index contributed by atoms with van der Waals surface area (Å²) < 4.78 is 5.29. The number of halogens is 1. The number of carbonyl (C=O) groups excluding carboxylic acids is 1. The molecule has 1 N–H and O–H groups in total. The third kappa shape index (κ3) is 4.83. The minimum absolute atomic E-state index is 0.0444. The Hall–Kier alpha value is -1.30. The third-order valence-electron chi connectivity index (χ3n) is 4.43. The fourth-order valence-electron chi connectivity index (χ4n) is 3.24. The van der Waals surface area contributed by atoms with Crippen molar-refractivity contribution in [3.63, 3.8) is 0 Å². The van der Waals surface area contributed by atoms with Crippen LogP contribution >= 0.6 is 11.6 Å². The van der Waals surface area contributed by atoms with Crippen LogP contribution in [0.25, 0.3) is 0 Å². The summed E-state index contributed by atoms with van der Waals surface area (Å²) in [4.78, 5) is 16.5. The van der Waals surface area contributed by atoms with Gasteiger partial charge in [-0.05, 0) is 37.1 Å². The fraction of sp³-hybridized carbons (Fsp3) is 0.588. The monoisotopic (exact) mass is 337 g/mol. The number of rotatable bonds is 3. The summed E-state index contributed by atoms with van der Waals surface area (Å²) in [7, 11) is 0. The van der Waals surface area contributed by atoms with Gasteiger partial charge in [-0.15, -0.1) is 0 Å². The molecule has 1 aromatic carbocycles. The maximum absolute atomic E-state index is 12.3. The van der Waals surface area contributed by atoms with Crippen molar-refractivity contribution in [1.82, 2.24) is 15.1 Å². The van der Waals surface area contributed by atoms with Gasteiger partial charge in [-0.2, -0.15) is 0 Å². The van der Waals surface area contributed by atoms with Gasteiger partial charge in [0.05, 0.1) is 13.2 Å². The van der Waals surface area contributed by atoms with Crippen molar-refractivity contribution >= 4 is 17.6 Å². The first-order chi connectivity index (χ1) is 11.2. The van der Waals surface area contributed by atoms with Gasteiger partial charge in [-0.3, -0.25) is 4.90 Å². The number of ether oxygens (including phenoxy) is 1. The quantitative estimate of drug-likeness (QED) is 0.920. The molecule has 1 aromatic rings. The molecule has 0 aromatic heterocycles. The Labute approximate surface area is 142 Å². The standard InChI is InChI=1S/C17H24ClN3O2/c18-15-4-1-3-14(11-15)12-20-6-2-5-16(13-20)19-17(22)21-7-9-23-10-8-21/h1,3-4,11,16H,2,5-10,12-13H2,(H,19,22). The lowest BCUT2D eigenvalue weighted by Crippen LogP contribution is -2.53. The lowest BCUT2D eigenvalue weighted by atomic mass is 10.0. The highest BCUT2D eigenvalue weighted by Crippen LogP contribution is 2.17. The number of hydrogen-bond acceptors (Lipinski definition) is 3. The van der Waals surface area contributed by atoms with Crippen LogP contribution in [0.15, 0.2) is 24.3 Å². The van der Waals surface area contributed by atoms with Gasteiger partial charge in [0.25, 0.3) is 0 Å². The Kier molecular flexibility index (Phi) is 5.75. The zero-order valence-electron chi connectivity index (χ0n) is 13.3. The summed E-state index contributed by atoms with van der Waals surface area (Å²) >= 11 is 6.05. The molecule has 1 atom stereocenters. The van der Waals surface area contributed by atoms with Crippen LogP contribution in [-0.2, 0) is 11.3 Å². The normalized spacial score (nSPS) is 22.8. The van der Waals surface area contributed by atoms with E-state index in [1.54, 1.807) is 0 Å². The lowest BCUT2D eigenvalue weighted by molar-refractivity contribution is 0.0513. The zero-order valence-corrected chi connectivity index (χ0v) is 14.1. The molecule has 6 heteroatoms. The average molecular weight is 338 g/mol. The van der Waals surface area contributed by atoms with E-state index < -0.39 is 0 Å². The molecule has 0 saturated carbocycles. The van der Waals surface area contributed by atoms with E-state index in [0.717, 1.165) is 37.5 Å². The second-order valence-electron chi connectivity index (χ2n) is 6.25. The SMILES string of the molecule is O=C(NC1CCCN(Cc2cccc(Cl)c2)C1)N1CCOCC1. The second-order valence-corrected chi connectivity index (χ2v) is 6.69. The third-order valence-corrected chi connectivity index (χ3v) is 4.66. The Morgan fingerprint density at radius 1 is 1.30 bits per heavy atom.